The molecule has 3 N–H and O–H groups in total. The largest absolute Gasteiger partial charge is 0.411 e. The zero-order valence-electron chi connectivity index (χ0n) is 8.81. The molecule has 0 aromatic heterocycles. The molecule has 3 nitrogen and oxygen atoms in total. The van der Waals surface area contributed by atoms with Crippen LogP contribution < -0.4 is 5.73 Å². The Morgan fingerprint density at radius 1 is 1.27 bits per heavy atom. The Kier molecular flexibility index (Phi) is 6.16. The summed E-state index contributed by atoms with van der Waals surface area (Å²) >= 11 is 0. The van der Waals surface area contributed by atoms with E-state index >= 15 is 0 Å². The summed E-state index contributed by atoms with van der Waals surface area (Å²) in [6.07, 6.45) is -2.70. The summed E-state index contributed by atoms with van der Waals surface area (Å²) in [4.78, 5) is 0. The normalized spacial score (nSPS) is 16.4. The third-order valence-electron chi connectivity index (χ3n) is 1.96. The van der Waals surface area contributed by atoms with Crippen molar-refractivity contribution in [1.29, 1.82) is 0 Å². The second-order valence-corrected chi connectivity index (χ2v) is 3.83. The van der Waals surface area contributed by atoms with E-state index in [1.54, 1.807) is 6.92 Å². The van der Waals surface area contributed by atoms with Gasteiger partial charge in [-0.2, -0.15) is 13.2 Å². The van der Waals surface area contributed by atoms with Crippen molar-refractivity contribution in [2.75, 3.05) is 19.8 Å². The van der Waals surface area contributed by atoms with Crippen LogP contribution in [0.4, 0.5) is 13.2 Å². The molecule has 0 spiro atoms. The fraction of sp³-hybridized carbons (Fsp3) is 1.00. The van der Waals surface area contributed by atoms with Gasteiger partial charge in [0.05, 0.1) is 5.60 Å². The first-order valence-corrected chi connectivity index (χ1v) is 4.84. The Balaban J connectivity index is 3.33. The van der Waals surface area contributed by atoms with Gasteiger partial charge in [-0.05, 0) is 26.2 Å². The molecule has 0 saturated carbocycles. The Labute approximate surface area is 87.4 Å². The van der Waals surface area contributed by atoms with E-state index in [1.807, 2.05) is 0 Å². The summed E-state index contributed by atoms with van der Waals surface area (Å²) in [5, 5.41) is 9.46. The molecule has 0 fully saturated rings. The van der Waals surface area contributed by atoms with Crippen LogP contribution in [0.5, 0.6) is 0 Å². The smallest absolute Gasteiger partial charge is 0.389 e. The number of hydrogen-bond acceptors (Lipinski definition) is 3. The zero-order chi connectivity index (χ0) is 11.9. The fourth-order valence-corrected chi connectivity index (χ4v) is 1.000. The monoisotopic (exact) mass is 229 g/mol. The predicted octanol–water partition coefficient (Wildman–Crippen LogP) is 1.45. The van der Waals surface area contributed by atoms with Crippen LogP contribution in [0.25, 0.3) is 0 Å². The van der Waals surface area contributed by atoms with Gasteiger partial charge in [-0.15, -0.1) is 0 Å². The van der Waals surface area contributed by atoms with E-state index in [4.69, 9.17) is 5.73 Å². The highest BCUT2D eigenvalue weighted by Gasteiger charge is 2.27. The van der Waals surface area contributed by atoms with Crippen LogP contribution in [0.2, 0.25) is 0 Å². The Bertz CT molecular complexity index is 171. The molecule has 0 aromatic rings. The number of hydrogen-bond donors (Lipinski definition) is 2. The molecule has 15 heavy (non-hydrogen) atoms. The summed E-state index contributed by atoms with van der Waals surface area (Å²) in [5.41, 5.74) is 4.35. The van der Waals surface area contributed by atoms with Crippen LogP contribution in [0.3, 0.4) is 0 Å². The Morgan fingerprint density at radius 3 is 2.33 bits per heavy atom. The minimum atomic E-state index is -4.26. The van der Waals surface area contributed by atoms with Crippen molar-refractivity contribution in [1.82, 2.24) is 0 Å². The van der Waals surface area contributed by atoms with Gasteiger partial charge >= 0.3 is 6.18 Å². The molecule has 0 rings (SSSR count). The molecule has 6 heteroatoms. The van der Waals surface area contributed by atoms with E-state index in [9.17, 15) is 18.3 Å². The van der Waals surface area contributed by atoms with Crippen LogP contribution >= 0.6 is 0 Å². The maximum Gasteiger partial charge on any atom is 0.411 e. The van der Waals surface area contributed by atoms with Crippen molar-refractivity contribution in [3.63, 3.8) is 0 Å². The van der Waals surface area contributed by atoms with Crippen LogP contribution in [-0.2, 0) is 4.74 Å². The molecule has 0 radical (unpaired) electrons. The molecule has 0 heterocycles. The second kappa shape index (κ2) is 6.30. The number of alkyl halides is 3. The highest BCUT2D eigenvalue weighted by Crippen LogP contribution is 2.15. The molecule has 0 saturated heterocycles. The van der Waals surface area contributed by atoms with Gasteiger partial charge in [-0.3, -0.25) is 0 Å². The highest BCUT2D eigenvalue weighted by molar-refractivity contribution is 4.72. The van der Waals surface area contributed by atoms with Crippen molar-refractivity contribution < 1.29 is 23.0 Å². The molecule has 92 valence electrons. The van der Waals surface area contributed by atoms with Gasteiger partial charge in [0.1, 0.15) is 6.61 Å². The Morgan fingerprint density at radius 2 is 1.87 bits per heavy atom. The first kappa shape index (κ1) is 14.7. The third kappa shape index (κ3) is 9.96. The van der Waals surface area contributed by atoms with Gasteiger partial charge in [-0.25, -0.2) is 0 Å². The molecule has 1 unspecified atom stereocenters. The maximum atomic E-state index is 11.6. The lowest BCUT2D eigenvalue weighted by molar-refractivity contribution is -0.174. The summed E-state index contributed by atoms with van der Waals surface area (Å²) in [6.45, 7) is 0.598. The van der Waals surface area contributed by atoms with E-state index in [2.05, 4.69) is 4.74 Å². The maximum absolute atomic E-state index is 11.6. The van der Waals surface area contributed by atoms with Crippen LogP contribution in [0.15, 0.2) is 0 Å². The van der Waals surface area contributed by atoms with E-state index in [-0.39, 0.29) is 13.2 Å². The summed E-state index contributed by atoms with van der Waals surface area (Å²) in [6, 6.07) is 0. The average molecular weight is 229 g/mol. The molecular formula is C9H18F3NO2. The zero-order valence-corrected chi connectivity index (χ0v) is 8.81. The number of rotatable bonds is 7. The summed E-state index contributed by atoms with van der Waals surface area (Å²) in [5.74, 6) is 0. The Hall–Kier alpha value is -0.330. The van der Waals surface area contributed by atoms with Crippen molar-refractivity contribution in [2.45, 2.75) is 38.0 Å². The fourth-order valence-electron chi connectivity index (χ4n) is 1.000. The number of ether oxygens (including phenoxy) is 1. The van der Waals surface area contributed by atoms with Crippen LogP contribution in [-0.4, -0.2) is 36.6 Å². The number of nitrogens with two attached hydrogens (primary N) is 1. The SMILES string of the molecule is CC(O)(CN)CCCCOCC(F)(F)F. The minimum Gasteiger partial charge on any atom is -0.389 e. The minimum absolute atomic E-state index is 0.0557. The quantitative estimate of drug-likeness (QED) is 0.649. The predicted molar refractivity (Wildman–Crippen MR) is 50.4 cm³/mol. The molecule has 0 bridgehead atoms. The van der Waals surface area contributed by atoms with Gasteiger partial charge in [0.25, 0.3) is 0 Å². The second-order valence-electron chi connectivity index (χ2n) is 3.83. The van der Waals surface area contributed by atoms with Gasteiger partial charge in [0, 0.05) is 13.2 Å². The van der Waals surface area contributed by atoms with Gasteiger partial charge in [0.2, 0.25) is 0 Å². The van der Waals surface area contributed by atoms with E-state index in [0.29, 0.717) is 19.3 Å². The molecule has 0 aliphatic rings. The first-order chi connectivity index (χ1) is 6.77. The van der Waals surface area contributed by atoms with Crippen molar-refractivity contribution >= 4 is 0 Å². The lowest BCUT2D eigenvalue weighted by Gasteiger charge is -2.20. The number of aliphatic hydroxyl groups is 1. The molecule has 0 aromatic carbocycles. The third-order valence-corrected chi connectivity index (χ3v) is 1.96. The summed E-state index contributed by atoms with van der Waals surface area (Å²) < 4.78 is 39.3. The molecule has 0 aliphatic carbocycles. The molecular weight excluding hydrogens is 211 g/mol. The number of unbranched alkanes of at least 4 members (excludes halogenated alkanes) is 1. The number of halogens is 3. The standard InChI is InChI=1S/C9H18F3NO2/c1-8(14,6-13)4-2-3-5-15-7-9(10,11)12/h14H,2-7,13H2,1H3. The van der Waals surface area contributed by atoms with Crippen LogP contribution in [0.1, 0.15) is 26.2 Å². The molecule has 0 amide bonds. The van der Waals surface area contributed by atoms with Crippen molar-refractivity contribution in [2.24, 2.45) is 5.73 Å². The molecule has 0 aliphatic heterocycles. The molecule has 1 atom stereocenters. The average Bonchev–Trinajstić information content (AvgIpc) is 2.09. The van der Waals surface area contributed by atoms with Crippen molar-refractivity contribution in [3.8, 4) is 0 Å². The lowest BCUT2D eigenvalue weighted by atomic mass is 10.00. The van der Waals surface area contributed by atoms with E-state index in [0.717, 1.165) is 0 Å². The van der Waals surface area contributed by atoms with E-state index < -0.39 is 18.4 Å². The van der Waals surface area contributed by atoms with Gasteiger partial charge < -0.3 is 15.6 Å². The van der Waals surface area contributed by atoms with E-state index in [1.165, 1.54) is 0 Å². The van der Waals surface area contributed by atoms with Gasteiger partial charge in [-0.1, -0.05) is 0 Å². The van der Waals surface area contributed by atoms with Crippen molar-refractivity contribution in [3.05, 3.63) is 0 Å². The summed E-state index contributed by atoms with van der Waals surface area (Å²) in [7, 11) is 0. The lowest BCUT2D eigenvalue weighted by Crippen LogP contribution is -2.33. The van der Waals surface area contributed by atoms with Crippen LogP contribution in [0, 0.1) is 0 Å². The van der Waals surface area contributed by atoms with Gasteiger partial charge in [0.15, 0.2) is 0 Å². The first-order valence-electron chi connectivity index (χ1n) is 4.84. The topological polar surface area (TPSA) is 55.5 Å². The highest BCUT2D eigenvalue weighted by atomic mass is 19.4.